The summed E-state index contributed by atoms with van der Waals surface area (Å²) in [5, 5.41) is 0. The average Bonchev–Trinajstić information content (AvgIpc) is 3.06. The Morgan fingerprint density at radius 1 is 1.12 bits per heavy atom. The second-order valence-corrected chi connectivity index (χ2v) is 9.50. The number of sulfonamides is 1. The predicted octanol–water partition coefficient (Wildman–Crippen LogP) is 2.02. The van der Waals surface area contributed by atoms with Crippen molar-refractivity contribution in [2.75, 3.05) is 13.1 Å². The van der Waals surface area contributed by atoms with Gasteiger partial charge in [-0.2, -0.15) is 0 Å². The van der Waals surface area contributed by atoms with Crippen molar-refractivity contribution in [2.24, 2.45) is 4.99 Å². The highest BCUT2D eigenvalue weighted by Gasteiger charge is 2.30. The Hall–Kier alpha value is -3.20. The largest absolute Gasteiger partial charge is 0.453 e. The molecule has 0 radical (unpaired) electrons. The average molecular weight is 456 g/mol. The number of amidine groups is 1. The van der Waals surface area contributed by atoms with Crippen LogP contribution >= 0.6 is 0 Å². The smallest absolute Gasteiger partial charge is 0.306 e. The molecule has 0 saturated carbocycles. The third-order valence-electron chi connectivity index (χ3n) is 5.57. The van der Waals surface area contributed by atoms with E-state index in [4.69, 9.17) is 4.74 Å². The summed E-state index contributed by atoms with van der Waals surface area (Å²) in [6, 6.07) is 14.6. The van der Waals surface area contributed by atoms with Crippen LogP contribution in [0.5, 0.6) is 0 Å². The van der Waals surface area contributed by atoms with Crippen LogP contribution in [-0.2, 0) is 37.3 Å². The fourth-order valence-electron chi connectivity index (χ4n) is 3.91. The molecule has 0 aromatic heterocycles. The molecule has 2 aliphatic heterocycles. The summed E-state index contributed by atoms with van der Waals surface area (Å²) in [5.74, 6) is -0.399. The van der Waals surface area contributed by atoms with Gasteiger partial charge < -0.3 is 9.64 Å². The second-order valence-electron chi connectivity index (χ2n) is 7.85. The minimum Gasteiger partial charge on any atom is -0.453 e. The van der Waals surface area contributed by atoms with Crippen LogP contribution in [0.15, 0.2) is 58.4 Å². The number of carbonyl (C=O) groups is 2. The minimum atomic E-state index is -3.58. The molecule has 0 bridgehead atoms. The maximum Gasteiger partial charge on any atom is 0.306 e. The van der Waals surface area contributed by atoms with Gasteiger partial charge in [-0.25, -0.2) is 8.42 Å². The number of esters is 1. The SMILES string of the molecule is C[C@@H](OC(=O)CCCN=C1NS(=O)(=O)c2ccccc21)C(=O)N1CCc2ccccc2C1. The van der Waals surface area contributed by atoms with Crippen molar-refractivity contribution < 1.29 is 22.7 Å². The van der Waals surface area contributed by atoms with Gasteiger partial charge in [0.15, 0.2) is 6.10 Å². The molecule has 0 saturated heterocycles. The van der Waals surface area contributed by atoms with E-state index in [1.807, 2.05) is 18.2 Å². The van der Waals surface area contributed by atoms with E-state index in [9.17, 15) is 18.0 Å². The molecule has 2 heterocycles. The van der Waals surface area contributed by atoms with Crippen molar-refractivity contribution in [2.45, 2.75) is 43.7 Å². The molecule has 1 amide bonds. The predicted molar refractivity (Wildman–Crippen MR) is 119 cm³/mol. The molecule has 0 unspecified atom stereocenters. The number of carbonyl (C=O) groups excluding carboxylic acids is 2. The molecule has 1 N–H and O–H groups in total. The van der Waals surface area contributed by atoms with E-state index in [0.29, 0.717) is 25.1 Å². The lowest BCUT2D eigenvalue weighted by Gasteiger charge is -2.30. The molecular weight excluding hydrogens is 430 g/mol. The van der Waals surface area contributed by atoms with E-state index >= 15 is 0 Å². The molecular formula is C23H25N3O5S. The summed E-state index contributed by atoms with van der Waals surface area (Å²) in [6.45, 7) is 2.97. The number of hydrogen-bond acceptors (Lipinski definition) is 6. The van der Waals surface area contributed by atoms with Crippen LogP contribution in [0.3, 0.4) is 0 Å². The van der Waals surface area contributed by atoms with Crippen molar-refractivity contribution in [3.8, 4) is 0 Å². The topological polar surface area (TPSA) is 105 Å². The second kappa shape index (κ2) is 9.12. The summed E-state index contributed by atoms with van der Waals surface area (Å²) in [6.07, 6.45) is 0.402. The lowest BCUT2D eigenvalue weighted by Crippen LogP contribution is -2.42. The number of nitrogens with one attached hydrogen (secondary N) is 1. The maximum atomic E-state index is 12.7. The van der Waals surface area contributed by atoms with E-state index in [1.54, 1.807) is 30.0 Å². The zero-order valence-corrected chi connectivity index (χ0v) is 18.6. The molecule has 0 aliphatic carbocycles. The van der Waals surface area contributed by atoms with Crippen LogP contribution in [0.25, 0.3) is 0 Å². The highest BCUT2D eigenvalue weighted by molar-refractivity contribution is 7.90. The number of rotatable bonds is 6. The van der Waals surface area contributed by atoms with Gasteiger partial charge >= 0.3 is 5.97 Å². The zero-order chi connectivity index (χ0) is 22.7. The van der Waals surface area contributed by atoms with Crippen LogP contribution in [0.4, 0.5) is 0 Å². The van der Waals surface area contributed by atoms with Gasteiger partial charge in [-0.05, 0) is 43.0 Å². The Bertz CT molecular complexity index is 1180. The monoisotopic (exact) mass is 455 g/mol. The van der Waals surface area contributed by atoms with Gasteiger partial charge in [0.2, 0.25) is 0 Å². The number of aliphatic imine (C=N–C) groups is 1. The number of hydrogen-bond donors (Lipinski definition) is 1. The van der Waals surface area contributed by atoms with E-state index in [-0.39, 0.29) is 29.6 Å². The van der Waals surface area contributed by atoms with Crippen LogP contribution in [0.2, 0.25) is 0 Å². The Morgan fingerprint density at radius 3 is 2.66 bits per heavy atom. The number of benzene rings is 2. The van der Waals surface area contributed by atoms with Crippen LogP contribution < -0.4 is 4.72 Å². The van der Waals surface area contributed by atoms with E-state index in [1.165, 1.54) is 11.6 Å². The maximum absolute atomic E-state index is 12.7. The van der Waals surface area contributed by atoms with Crippen molar-refractivity contribution >= 4 is 27.7 Å². The van der Waals surface area contributed by atoms with Gasteiger partial charge in [0.05, 0.1) is 4.90 Å². The summed E-state index contributed by atoms with van der Waals surface area (Å²) in [5.41, 5.74) is 2.89. The standard InChI is InChI=1S/C23H25N3O5S/c1-16(23(28)26-14-12-17-7-2-3-8-18(17)15-26)31-21(27)11-6-13-24-22-19-9-4-5-10-20(19)32(29,30)25-22/h2-5,7-10,16H,6,11-15H2,1H3,(H,24,25)/t16-/m1/s1. The fraction of sp³-hybridized carbons (Fsp3) is 0.348. The Balaban J connectivity index is 1.25. The van der Waals surface area contributed by atoms with Gasteiger partial charge in [-0.15, -0.1) is 0 Å². The van der Waals surface area contributed by atoms with Crippen LogP contribution in [0, 0.1) is 0 Å². The summed E-state index contributed by atoms with van der Waals surface area (Å²) in [7, 11) is -3.58. The Labute approximate surface area is 187 Å². The molecule has 2 aromatic rings. The fourth-order valence-corrected chi connectivity index (χ4v) is 5.16. The number of fused-ring (bicyclic) bond motifs is 2. The minimum absolute atomic E-state index is 0.0889. The molecule has 168 valence electrons. The molecule has 8 nitrogen and oxygen atoms in total. The molecule has 4 rings (SSSR count). The van der Waals surface area contributed by atoms with E-state index in [2.05, 4.69) is 15.8 Å². The third kappa shape index (κ3) is 4.67. The van der Waals surface area contributed by atoms with Crippen molar-refractivity contribution in [1.29, 1.82) is 0 Å². The van der Waals surface area contributed by atoms with Crippen molar-refractivity contribution in [3.05, 3.63) is 65.2 Å². The van der Waals surface area contributed by atoms with Crippen LogP contribution in [0.1, 0.15) is 36.5 Å². The summed E-state index contributed by atoms with van der Waals surface area (Å²) in [4.78, 5) is 31.1. The van der Waals surface area contributed by atoms with Gasteiger partial charge in [0, 0.05) is 31.6 Å². The molecule has 2 aliphatic rings. The van der Waals surface area contributed by atoms with E-state index in [0.717, 1.165) is 12.0 Å². The van der Waals surface area contributed by atoms with Gasteiger partial charge in [0.1, 0.15) is 5.84 Å². The first-order chi connectivity index (χ1) is 15.3. The molecule has 2 aromatic carbocycles. The van der Waals surface area contributed by atoms with Crippen LogP contribution in [-0.4, -0.2) is 50.2 Å². The van der Waals surface area contributed by atoms with Gasteiger partial charge in [0.25, 0.3) is 15.9 Å². The molecule has 0 fully saturated rings. The normalized spacial score (nSPS) is 18.4. The van der Waals surface area contributed by atoms with Crippen molar-refractivity contribution in [1.82, 2.24) is 9.62 Å². The van der Waals surface area contributed by atoms with Gasteiger partial charge in [-0.3, -0.25) is 19.3 Å². The first-order valence-corrected chi connectivity index (χ1v) is 12.1. The zero-order valence-electron chi connectivity index (χ0n) is 17.8. The number of amides is 1. The quantitative estimate of drug-likeness (QED) is 0.530. The molecule has 9 heteroatoms. The van der Waals surface area contributed by atoms with Gasteiger partial charge in [-0.1, -0.05) is 36.4 Å². The first kappa shape index (κ1) is 22.0. The molecule has 0 spiro atoms. The number of nitrogens with zero attached hydrogens (tertiary/aromatic N) is 2. The van der Waals surface area contributed by atoms with E-state index < -0.39 is 22.1 Å². The molecule has 32 heavy (non-hydrogen) atoms. The highest BCUT2D eigenvalue weighted by atomic mass is 32.2. The highest BCUT2D eigenvalue weighted by Crippen LogP contribution is 2.22. The number of ether oxygens (including phenoxy) is 1. The lowest BCUT2D eigenvalue weighted by molar-refractivity contribution is -0.159. The van der Waals surface area contributed by atoms with Crippen molar-refractivity contribution in [3.63, 3.8) is 0 Å². The summed E-state index contributed by atoms with van der Waals surface area (Å²) < 4.78 is 31.9. The lowest BCUT2D eigenvalue weighted by atomic mass is 9.99. The Kier molecular flexibility index (Phi) is 6.27. The molecule has 1 atom stereocenters. The summed E-state index contributed by atoms with van der Waals surface area (Å²) >= 11 is 0. The third-order valence-corrected chi connectivity index (χ3v) is 6.97. The first-order valence-electron chi connectivity index (χ1n) is 10.6. The Morgan fingerprint density at radius 2 is 1.84 bits per heavy atom.